The second-order valence-electron chi connectivity index (χ2n) is 5.53. The van der Waals surface area contributed by atoms with Crippen molar-refractivity contribution in [1.82, 2.24) is 5.32 Å². The zero-order valence-electron chi connectivity index (χ0n) is 11.6. The Morgan fingerprint density at radius 2 is 2.16 bits per heavy atom. The van der Waals surface area contributed by atoms with Crippen LogP contribution in [0, 0.1) is 5.41 Å². The maximum Gasteiger partial charge on any atom is 0.255 e. The average molecular weight is 263 g/mol. The molecule has 0 radical (unpaired) electrons. The fourth-order valence-corrected chi connectivity index (χ4v) is 2.32. The first kappa shape index (κ1) is 13.9. The molecule has 2 rings (SSSR count). The van der Waals surface area contributed by atoms with E-state index in [4.69, 9.17) is 4.74 Å². The molecule has 2 unspecified atom stereocenters. The number of benzene rings is 1. The lowest BCUT2D eigenvalue weighted by molar-refractivity contribution is -0.0689. The van der Waals surface area contributed by atoms with Crippen molar-refractivity contribution in [3.8, 4) is 5.75 Å². The van der Waals surface area contributed by atoms with Crippen molar-refractivity contribution in [2.45, 2.75) is 39.3 Å². The molecule has 0 aliphatic heterocycles. The Hall–Kier alpha value is -1.55. The van der Waals surface area contributed by atoms with Crippen LogP contribution in [0.5, 0.6) is 5.75 Å². The molecule has 104 valence electrons. The summed E-state index contributed by atoms with van der Waals surface area (Å²) in [6.07, 6.45) is 0.259. The molecule has 4 heteroatoms. The predicted octanol–water partition coefficient (Wildman–Crippen LogP) is 1.97. The van der Waals surface area contributed by atoms with Gasteiger partial charge in [0, 0.05) is 11.5 Å². The van der Waals surface area contributed by atoms with Gasteiger partial charge in [-0.1, -0.05) is 26.0 Å². The summed E-state index contributed by atoms with van der Waals surface area (Å²) in [5, 5.41) is 12.7. The smallest absolute Gasteiger partial charge is 0.255 e. The summed E-state index contributed by atoms with van der Waals surface area (Å²) in [6.45, 7) is 6.33. The molecular weight excluding hydrogens is 242 g/mol. The van der Waals surface area contributed by atoms with Gasteiger partial charge < -0.3 is 15.2 Å². The van der Waals surface area contributed by atoms with Crippen molar-refractivity contribution in [1.29, 1.82) is 0 Å². The third-order valence-electron chi connectivity index (χ3n) is 3.95. The molecule has 1 aliphatic rings. The highest BCUT2D eigenvalue weighted by Gasteiger charge is 2.48. The van der Waals surface area contributed by atoms with Crippen LogP contribution in [0.1, 0.15) is 37.6 Å². The molecule has 1 aromatic carbocycles. The van der Waals surface area contributed by atoms with Crippen LogP contribution in [0.15, 0.2) is 24.3 Å². The number of carbonyl (C=O) groups is 1. The predicted molar refractivity (Wildman–Crippen MR) is 73.3 cm³/mol. The van der Waals surface area contributed by atoms with Crippen molar-refractivity contribution in [2.75, 3.05) is 6.61 Å². The van der Waals surface area contributed by atoms with Gasteiger partial charge in [-0.05, 0) is 25.5 Å². The molecule has 0 bridgehead atoms. The fraction of sp³-hybridized carbons (Fsp3) is 0.533. The minimum Gasteiger partial charge on any atom is -0.493 e. The van der Waals surface area contributed by atoms with Crippen molar-refractivity contribution in [2.24, 2.45) is 5.41 Å². The normalized spacial score (nSPS) is 24.4. The molecule has 0 heterocycles. The Morgan fingerprint density at radius 3 is 2.74 bits per heavy atom. The van der Waals surface area contributed by atoms with Gasteiger partial charge in [-0.15, -0.1) is 0 Å². The van der Waals surface area contributed by atoms with Crippen LogP contribution in [-0.4, -0.2) is 29.8 Å². The number of carbonyl (C=O) groups excluding carboxylic acids is 1. The first-order valence-corrected chi connectivity index (χ1v) is 6.67. The summed E-state index contributed by atoms with van der Waals surface area (Å²) >= 11 is 0. The highest BCUT2D eigenvalue weighted by Crippen LogP contribution is 2.40. The second-order valence-corrected chi connectivity index (χ2v) is 5.53. The topological polar surface area (TPSA) is 58.6 Å². The standard InChI is InChI=1S/C15H21NO3/c1-4-19-11-8-6-5-7-10(11)14(18)16-12-9-13(17)15(12,2)3/h5-8,12-13,17H,4,9H2,1-3H3,(H,16,18). The summed E-state index contributed by atoms with van der Waals surface area (Å²) in [5.41, 5.74) is 0.275. The minimum absolute atomic E-state index is 0.00434. The first-order valence-electron chi connectivity index (χ1n) is 6.67. The van der Waals surface area contributed by atoms with Gasteiger partial charge in [0.05, 0.1) is 18.3 Å². The summed E-state index contributed by atoms with van der Waals surface area (Å²) in [4.78, 5) is 12.3. The van der Waals surface area contributed by atoms with Crippen molar-refractivity contribution >= 4 is 5.91 Å². The van der Waals surface area contributed by atoms with Gasteiger partial charge >= 0.3 is 0 Å². The highest BCUT2D eigenvalue weighted by molar-refractivity contribution is 5.97. The molecule has 1 aliphatic carbocycles. The van der Waals surface area contributed by atoms with Gasteiger partial charge in [-0.25, -0.2) is 0 Å². The van der Waals surface area contributed by atoms with Crippen LogP contribution in [-0.2, 0) is 0 Å². The Labute approximate surface area is 113 Å². The van der Waals surface area contributed by atoms with E-state index in [2.05, 4.69) is 5.32 Å². The Balaban J connectivity index is 2.09. The highest BCUT2D eigenvalue weighted by atomic mass is 16.5. The number of hydrogen-bond acceptors (Lipinski definition) is 3. The SMILES string of the molecule is CCOc1ccccc1C(=O)NC1CC(O)C1(C)C. The van der Waals surface area contributed by atoms with E-state index in [9.17, 15) is 9.90 Å². The van der Waals surface area contributed by atoms with E-state index in [0.717, 1.165) is 0 Å². The number of para-hydroxylation sites is 1. The molecule has 19 heavy (non-hydrogen) atoms. The maximum absolute atomic E-state index is 12.3. The van der Waals surface area contributed by atoms with Gasteiger partial charge in [0.15, 0.2) is 0 Å². The van der Waals surface area contributed by atoms with Gasteiger partial charge in [-0.2, -0.15) is 0 Å². The summed E-state index contributed by atoms with van der Waals surface area (Å²) in [7, 11) is 0. The molecule has 1 saturated carbocycles. The summed E-state index contributed by atoms with van der Waals surface area (Å²) in [5.74, 6) is 0.453. The van der Waals surface area contributed by atoms with E-state index in [1.807, 2.05) is 32.9 Å². The van der Waals surface area contributed by atoms with Crippen LogP contribution in [0.2, 0.25) is 0 Å². The van der Waals surface area contributed by atoms with Crippen LogP contribution >= 0.6 is 0 Å². The number of rotatable bonds is 4. The average Bonchev–Trinajstić information content (AvgIpc) is 2.39. The Bertz CT molecular complexity index is 470. The molecule has 0 aromatic heterocycles. The van der Waals surface area contributed by atoms with E-state index in [1.54, 1.807) is 12.1 Å². The molecule has 4 nitrogen and oxygen atoms in total. The molecule has 2 atom stereocenters. The quantitative estimate of drug-likeness (QED) is 0.873. The number of ether oxygens (including phenoxy) is 1. The van der Waals surface area contributed by atoms with Crippen LogP contribution < -0.4 is 10.1 Å². The van der Waals surface area contributed by atoms with Gasteiger partial charge in [0.2, 0.25) is 0 Å². The molecule has 0 spiro atoms. The summed E-state index contributed by atoms with van der Waals surface area (Å²) < 4.78 is 5.45. The van der Waals surface area contributed by atoms with Crippen molar-refractivity contribution < 1.29 is 14.6 Å². The van der Waals surface area contributed by atoms with E-state index >= 15 is 0 Å². The molecule has 0 saturated heterocycles. The zero-order chi connectivity index (χ0) is 14.0. The third-order valence-corrected chi connectivity index (χ3v) is 3.95. The second kappa shape index (κ2) is 5.21. The van der Waals surface area contributed by atoms with Gasteiger partial charge in [0.1, 0.15) is 5.75 Å². The monoisotopic (exact) mass is 263 g/mol. The van der Waals surface area contributed by atoms with Crippen LogP contribution in [0.25, 0.3) is 0 Å². The molecule has 1 aromatic rings. The van der Waals surface area contributed by atoms with Crippen molar-refractivity contribution in [3.05, 3.63) is 29.8 Å². The zero-order valence-corrected chi connectivity index (χ0v) is 11.6. The lowest BCUT2D eigenvalue weighted by Crippen LogP contribution is -2.61. The van der Waals surface area contributed by atoms with E-state index in [0.29, 0.717) is 24.3 Å². The van der Waals surface area contributed by atoms with Crippen LogP contribution in [0.4, 0.5) is 0 Å². The number of amides is 1. The largest absolute Gasteiger partial charge is 0.493 e. The molecular formula is C15H21NO3. The van der Waals surface area contributed by atoms with E-state index < -0.39 is 0 Å². The van der Waals surface area contributed by atoms with E-state index in [1.165, 1.54) is 0 Å². The van der Waals surface area contributed by atoms with Gasteiger partial charge in [-0.3, -0.25) is 4.79 Å². The fourth-order valence-electron chi connectivity index (χ4n) is 2.32. The molecule has 2 N–H and O–H groups in total. The lowest BCUT2D eigenvalue weighted by Gasteiger charge is -2.49. The maximum atomic E-state index is 12.3. The van der Waals surface area contributed by atoms with E-state index in [-0.39, 0.29) is 23.5 Å². The number of hydrogen-bond donors (Lipinski definition) is 2. The van der Waals surface area contributed by atoms with Gasteiger partial charge in [0.25, 0.3) is 5.91 Å². The molecule has 1 fully saturated rings. The van der Waals surface area contributed by atoms with Crippen LogP contribution in [0.3, 0.4) is 0 Å². The first-order chi connectivity index (χ1) is 8.96. The number of nitrogens with one attached hydrogen (secondary N) is 1. The minimum atomic E-state index is -0.347. The Morgan fingerprint density at radius 1 is 1.47 bits per heavy atom. The lowest BCUT2D eigenvalue weighted by atomic mass is 9.64. The number of aliphatic hydroxyl groups is 1. The summed E-state index contributed by atoms with van der Waals surface area (Å²) in [6, 6.07) is 7.21. The third kappa shape index (κ3) is 2.59. The molecule has 1 amide bonds. The number of aliphatic hydroxyl groups excluding tert-OH is 1. The Kier molecular flexibility index (Phi) is 3.80. The van der Waals surface area contributed by atoms with Crippen molar-refractivity contribution in [3.63, 3.8) is 0 Å².